The Morgan fingerprint density at radius 1 is 1.00 bits per heavy atom. The van der Waals surface area contributed by atoms with E-state index in [1.807, 2.05) is 47.1 Å². The quantitative estimate of drug-likeness (QED) is 0.690. The molecule has 6 nitrogen and oxygen atoms in total. The van der Waals surface area contributed by atoms with Crippen LogP contribution in [0.1, 0.15) is 43.1 Å². The normalized spacial score (nSPS) is 18.2. The van der Waals surface area contributed by atoms with Crippen LogP contribution in [0.2, 0.25) is 0 Å². The van der Waals surface area contributed by atoms with E-state index in [0.717, 1.165) is 36.8 Å². The second-order valence-electron chi connectivity index (χ2n) is 6.95. The first-order chi connectivity index (χ1) is 13.3. The first-order valence-electron chi connectivity index (χ1n) is 9.56. The standard InChI is InChI=1S/C21H25N5O/c1-27-19-13-11-17(12-14-19)20-10-6-3-7-15-25(20)16-21-22-23-24-26(21)18-8-4-2-5-9-18/h2,4-5,8-9,11-14,20H,3,6-7,10,15-16H2,1H3/t20-/m0/s1. The van der Waals surface area contributed by atoms with Gasteiger partial charge in [-0.05, 0) is 59.6 Å². The highest BCUT2D eigenvalue weighted by Crippen LogP contribution is 2.32. The van der Waals surface area contributed by atoms with Crippen molar-refractivity contribution in [3.05, 3.63) is 66.0 Å². The minimum Gasteiger partial charge on any atom is -0.497 e. The summed E-state index contributed by atoms with van der Waals surface area (Å²) in [6, 6.07) is 18.9. The maximum atomic E-state index is 5.31. The Hall–Kier alpha value is -2.73. The van der Waals surface area contributed by atoms with Crippen molar-refractivity contribution in [3.63, 3.8) is 0 Å². The number of para-hydroxylation sites is 1. The summed E-state index contributed by atoms with van der Waals surface area (Å²) in [6.45, 7) is 1.79. The summed E-state index contributed by atoms with van der Waals surface area (Å²) in [5, 5.41) is 12.4. The summed E-state index contributed by atoms with van der Waals surface area (Å²) in [5.41, 5.74) is 2.32. The lowest BCUT2D eigenvalue weighted by molar-refractivity contribution is 0.186. The monoisotopic (exact) mass is 363 g/mol. The summed E-state index contributed by atoms with van der Waals surface area (Å²) in [4.78, 5) is 2.51. The number of aromatic nitrogens is 4. The lowest BCUT2D eigenvalue weighted by atomic mass is 10.0. The van der Waals surface area contributed by atoms with Crippen molar-refractivity contribution in [1.82, 2.24) is 25.1 Å². The van der Waals surface area contributed by atoms with Crippen molar-refractivity contribution >= 4 is 0 Å². The minimum atomic E-state index is 0.374. The molecule has 0 aliphatic carbocycles. The second-order valence-corrected chi connectivity index (χ2v) is 6.95. The highest BCUT2D eigenvalue weighted by atomic mass is 16.5. The summed E-state index contributed by atoms with van der Waals surface area (Å²) >= 11 is 0. The Labute approximate surface area is 159 Å². The average Bonchev–Trinajstić information content (AvgIpc) is 3.06. The van der Waals surface area contributed by atoms with Crippen LogP contribution < -0.4 is 4.74 Å². The number of likely N-dealkylation sites (tertiary alicyclic amines) is 1. The number of rotatable bonds is 5. The van der Waals surface area contributed by atoms with Crippen LogP contribution in [0, 0.1) is 0 Å². The van der Waals surface area contributed by atoms with Gasteiger partial charge in [-0.15, -0.1) is 5.10 Å². The van der Waals surface area contributed by atoms with Gasteiger partial charge in [0, 0.05) is 6.04 Å². The molecule has 0 unspecified atom stereocenters. The average molecular weight is 363 g/mol. The molecular formula is C21H25N5O. The van der Waals surface area contributed by atoms with E-state index in [1.165, 1.54) is 24.8 Å². The van der Waals surface area contributed by atoms with Gasteiger partial charge in [-0.25, -0.2) is 0 Å². The van der Waals surface area contributed by atoms with Gasteiger partial charge in [-0.3, -0.25) is 4.90 Å². The molecule has 27 heavy (non-hydrogen) atoms. The zero-order valence-corrected chi connectivity index (χ0v) is 15.7. The number of methoxy groups -OCH3 is 1. The van der Waals surface area contributed by atoms with E-state index in [1.54, 1.807) is 7.11 Å². The molecule has 0 saturated carbocycles. The fraction of sp³-hybridized carbons (Fsp3) is 0.381. The van der Waals surface area contributed by atoms with E-state index in [-0.39, 0.29) is 0 Å². The van der Waals surface area contributed by atoms with Crippen LogP contribution >= 0.6 is 0 Å². The van der Waals surface area contributed by atoms with E-state index < -0.39 is 0 Å². The van der Waals surface area contributed by atoms with Crippen LogP contribution in [0.5, 0.6) is 5.75 Å². The molecule has 1 aliphatic rings. The van der Waals surface area contributed by atoms with Crippen molar-refractivity contribution in [1.29, 1.82) is 0 Å². The van der Waals surface area contributed by atoms with Gasteiger partial charge in [-0.2, -0.15) is 4.68 Å². The molecule has 2 aromatic carbocycles. The Morgan fingerprint density at radius 2 is 1.81 bits per heavy atom. The molecule has 0 N–H and O–H groups in total. The largest absolute Gasteiger partial charge is 0.497 e. The first-order valence-corrected chi connectivity index (χ1v) is 9.56. The Morgan fingerprint density at radius 3 is 2.59 bits per heavy atom. The molecule has 4 rings (SSSR count). The van der Waals surface area contributed by atoms with Crippen LogP contribution in [-0.2, 0) is 6.54 Å². The van der Waals surface area contributed by atoms with E-state index in [0.29, 0.717) is 6.04 Å². The first kappa shape index (κ1) is 17.7. The van der Waals surface area contributed by atoms with Crippen LogP contribution in [0.15, 0.2) is 54.6 Å². The number of hydrogen-bond acceptors (Lipinski definition) is 5. The molecule has 2 heterocycles. The predicted molar refractivity (Wildman–Crippen MR) is 104 cm³/mol. The number of nitrogens with zero attached hydrogens (tertiary/aromatic N) is 5. The third-order valence-electron chi connectivity index (χ3n) is 5.24. The SMILES string of the molecule is COc1ccc([C@@H]2CCCCCN2Cc2nnnn2-c2ccccc2)cc1. The molecule has 0 spiro atoms. The molecule has 1 atom stereocenters. The summed E-state index contributed by atoms with van der Waals surface area (Å²) in [7, 11) is 1.70. The van der Waals surface area contributed by atoms with Crippen LogP contribution in [0.25, 0.3) is 5.69 Å². The number of benzene rings is 2. The zero-order valence-electron chi connectivity index (χ0n) is 15.7. The molecule has 6 heteroatoms. The maximum absolute atomic E-state index is 5.31. The fourth-order valence-electron chi connectivity index (χ4n) is 3.82. The Bertz CT molecular complexity index is 847. The van der Waals surface area contributed by atoms with Crippen LogP contribution in [-0.4, -0.2) is 38.8 Å². The smallest absolute Gasteiger partial charge is 0.170 e. The Kier molecular flexibility index (Phi) is 5.44. The van der Waals surface area contributed by atoms with Gasteiger partial charge >= 0.3 is 0 Å². The van der Waals surface area contributed by atoms with Gasteiger partial charge in [0.1, 0.15) is 5.75 Å². The molecule has 3 aromatic rings. The van der Waals surface area contributed by atoms with Gasteiger partial charge in [0.15, 0.2) is 5.82 Å². The molecular weight excluding hydrogens is 338 g/mol. The fourth-order valence-corrected chi connectivity index (χ4v) is 3.82. The van der Waals surface area contributed by atoms with E-state index in [2.05, 4.69) is 32.6 Å². The van der Waals surface area contributed by atoms with Gasteiger partial charge in [-0.1, -0.05) is 43.2 Å². The summed E-state index contributed by atoms with van der Waals surface area (Å²) in [6.07, 6.45) is 4.88. The third-order valence-corrected chi connectivity index (χ3v) is 5.24. The lowest BCUT2D eigenvalue weighted by Crippen LogP contribution is -2.29. The molecule has 0 radical (unpaired) electrons. The Balaban J connectivity index is 1.59. The third kappa shape index (κ3) is 4.01. The molecule has 1 fully saturated rings. The lowest BCUT2D eigenvalue weighted by Gasteiger charge is -2.29. The second kappa shape index (κ2) is 8.31. The van der Waals surface area contributed by atoms with Crippen molar-refractivity contribution < 1.29 is 4.74 Å². The maximum Gasteiger partial charge on any atom is 0.170 e. The summed E-state index contributed by atoms with van der Waals surface area (Å²) < 4.78 is 7.16. The van der Waals surface area contributed by atoms with E-state index >= 15 is 0 Å². The van der Waals surface area contributed by atoms with Crippen molar-refractivity contribution in [3.8, 4) is 11.4 Å². The molecule has 140 valence electrons. The highest BCUT2D eigenvalue weighted by Gasteiger charge is 2.25. The zero-order chi connectivity index (χ0) is 18.5. The minimum absolute atomic E-state index is 0.374. The van der Waals surface area contributed by atoms with E-state index in [9.17, 15) is 0 Å². The summed E-state index contributed by atoms with van der Waals surface area (Å²) in [5.74, 6) is 1.77. The predicted octanol–water partition coefficient (Wildman–Crippen LogP) is 3.79. The van der Waals surface area contributed by atoms with Gasteiger partial charge < -0.3 is 4.74 Å². The van der Waals surface area contributed by atoms with Crippen LogP contribution in [0.3, 0.4) is 0 Å². The molecule has 1 aromatic heterocycles. The molecule has 1 aliphatic heterocycles. The molecule has 0 amide bonds. The molecule has 1 saturated heterocycles. The highest BCUT2D eigenvalue weighted by molar-refractivity contribution is 5.31. The van der Waals surface area contributed by atoms with Crippen molar-refractivity contribution in [2.24, 2.45) is 0 Å². The van der Waals surface area contributed by atoms with Gasteiger partial charge in [0.2, 0.25) is 0 Å². The topological polar surface area (TPSA) is 56.1 Å². The molecule has 0 bridgehead atoms. The van der Waals surface area contributed by atoms with Crippen molar-refractivity contribution in [2.45, 2.75) is 38.3 Å². The van der Waals surface area contributed by atoms with Crippen molar-refractivity contribution in [2.75, 3.05) is 13.7 Å². The van der Waals surface area contributed by atoms with Gasteiger partial charge in [0.25, 0.3) is 0 Å². The number of ether oxygens (including phenoxy) is 1. The van der Waals surface area contributed by atoms with Gasteiger partial charge in [0.05, 0.1) is 19.3 Å². The van der Waals surface area contributed by atoms with E-state index in [4.69, 9.17) is 4.74 Å². The van der Waals surface area contributed by atoms with Crippen LogP contribution in [0.4, 0.5) is 0 Å². The number of tetrazole rings is 1. The number of hydrogen-bond donors (Lipinski definition) is 0.